The SMILES string of the molecule is CCCC1CCC(CN)(NC2CCC(C)C2)CC1. The van der Waals surface area contributed by atoms with Crippen molar-refractivity contribution in [2.45, 2.75) is 83.2 Å². The molecule has 2 heteroatoms. The van der Waals surface area contributed by atoms with Gasteiger partial charge in [-0.3, -0.25) is 0 Å². The molecule has 2 atom stereocenters. The van der Waals surface area contributed by atoms with E-state index in [9.17, 15) is 0 Å². The van der Waals surface area contributed by atoms with Crippen LogP contribution in [0.5, 0.6) is 0 Å². The first-order valence-corrected chi connectivity index (χ1v) is 8.15. The predicted octanol–water partition coefficient (Wildman–Crippen LogP) is 3.45. The van der Waals surface area contributed by atoms with E-state index < -0.39 is 0 Å². The van der Waals surface area contributed by atoms with Gasteiger partial charge in [0.2, 0.25) is 0 Å². The van der Waals surface area contributed by atoms with Crippen molar-refractivity contribution in [2.24, 2.45) is 17.6 Å². The molecule has 0 aromatic heterocycles. The molecule has 2 saturated carbocycles. The molecule has 106 valence electrons. The van der Waals surface area contributed by atoms with Crippen molar-refractivity contribution in [3.63, 3.8) is 0 Å². The summed E-state index contributed by atoms with van der Waals surface area (Å²) in [6.07, 6.45) is 12.3. The number of hydrogen-bond acceptors (Lipinski definition) is 2. The van der Waals surface area contributed by atoms with Crippen LogP contribution in [0.3, 0.4) is 0 Å². The largest absolute Gasteiger partial charge is 0.329 e. The molecule has 2 rings (SSSR count). The highest BCUT2D eigenvalue weighted by molar-refractivity contribution is 4.97. The van der Waals surface area contributed by atoms with Gasteiger partial charge < -0.3 is 11.1 Å². The van der Waals surface area contributed by atoms with Crippen LogP contribution in [0.4, 0.5) is 0 Å². The van der Waals surface area contributed by atoms with Crippen molar-refractivity contribution < 1.29 is 0 Å². The molecule has 0 aromatic carbocycles. The molecule has 0 amide bonds. The van der Waals surface area contributed by atoms with Gasteiger partial charge >= 0.3 is 0 Å². The van der Waals surface area contributed by atoms with Crippen LogP contribution < -0.4 is 11.1 Å². The van der Waals surface area contributed by atoms with Crippen molar-refractivity contribution >= 4 is 0 Å². The monoisotopic (exact) mass is 252 g/mol. The van der Waals surface area contributed by atoms with E-state index in [0.29, 0.717) is 0 Å². The Morgan fingerprint density at radius 2 is 1.89 bits per heavy atom. The van der Waals surface area contributed by atoms with Crippen molar-refractivity contribution in [2.75, 3.05) is 6.54 Å². The summed E-state index contributed by atoms with van der Waals surface area (Å²) < 4.78 is 0. The minimum absolute atomic E-state index is 0.277. The van der Waals surface area contributed by atoms with Gasteiger partial charge in [0, 0.05) is 18.1 Å². The lowest BCUT2D eigenvalue weighted by atomic mass is 9.74. The van der Waals surface area contributed by atoms with Crippen LogP contribution in [0.1, 0.15) is 71.6 Å². The van der Waals surface area contributed by atoms with Crippen LogP contribution in [-0.2, 0) is 0 Å². The van der Waals surface area contributed by atoms with Gasteiger partial charge in [-0.2, -0.15) is 0 Å². The summed E-state index contributed by atoms with van der Waals surface area (Å²) in [7, 11) is 0. The number of nitrogens with two attached hydrogens (primary N) is 1. The highest BCUT2D eigenvalue weighted by atomic mass is 15.0. The van der Waals surface area contributed by atoms with Gasteiger partial charge in [0.25, 0.3) is 0 Å². The first-order valence-electron chi connectivity index (χ1n) is 8.15. The minimum Gasteiger partial charge on any atom is -0.329 e. The Hall–Kier alpha value is -0.0800. The Morgan fingerprint density at radius 1 is 1.17 bits per heavy atom. The molecular formula is C16H32N2. The van der Waals surface area contributed by atoms with Crippen LogP contribution in [-0.4, -0.2) is 18.1 Å². The molecule has 0 radical (unpaired) electrons. The quantitative estimate of drug-likeness (QED) is 0.786. The van der Waals surface area contributed by atoms with E-state index in [4.69, 9.17) is 5.73 Å². The van der Waals surface area contributed by atoms with E-state index in [1.807, 2.05) is 0 Å². The molecule has 0 heterocycles. The molecular weight excluding hydrogens is 220 g/mol. The highest BCUT2D eigenvalue weighted by Crippen LogP contribution is 2.36. The Bertz CT molecular complexity index is 243. The van der Waals surface area contributed by atoms with Crippen LogP contribution >= 0.6 is 0 Å². The average Bonchev–Trinajstić information content (AvgIpc) is 2.78. The maximum Gasteiger partial charge on any atom is 0.0306 e. The van der Waals surface area contributed by atoms with Gasteiger partial charge in [-0.15, -0.1) is 0 Å². The zero-order valence-electron chi connectivity index (χ0n) is 12.4. The lowest BCUT2D eigenvalue weighted by molar-refractivity contribution is 0.170. The molecule has 0 aliphatic heterocycles. The Morgan fingerprint density at radius 3 is 2.39 bits per heavy atom. The normalized spacial score (nSPS) is 41.2. The minimum atomic E-state index is 0.277. The van der Waals surface area contributed by atoms with Gasteiger partial charge in [-0.25, -0.2) is 0 Å². The van der Waals surface area contributed by atoms with Crippen LogP contribution in [0.25, 0.3) is 0 Å². The topological polar surface area (TPSA) is 38.0 Å². The molecule has 18 heavy (non-hydrogen) atoms. The number of nitrogens with one attached hydrogen (secondary N) is 1. The standard InChI is InChI=1S/C16H32N2/c1-3-4-14-7-9-16(12-17,10-8-14)18-15-6-5-13(2)11-15/h13-15,18H,3-12,17H2,1-2H3. The molecule has 2 aliphatic rings. The summed E-state index contributed by atoms with van der Waals surface area (Å²) in [5, 5.41) is 3.95. The van der Waals surface area contributed by atoms with Gasteiger partial charge in [0.1, 0.15) is 0 Å². The van der Waals surface area contributed by atoms with E-state index in [2.05, 4.69) is 19.2 Å². The van der Waals surface area contributed by atoms with E-state index in [-0.39, 0.29) is 5.54 Å². The fourth-order valence-corrected chi connectivity index (χ4v) is 4.11. The van der Waals surface area contributed by atoms with Gasteiger partial charge in [0.05, 0.1) is 0 Å². The summed E-state index contributed by atoms with van der Waals surface area (Å²) in [6, 6.07) is 0.742. The van der Waals surface area contributed by atoms with Gasteiger partial charge in [-0.05, 0) is 56.8 Å². The number of rotatable bonds is 5. The first-order chi connectivity index (χ1) is 8.67. The molecule has 2 unspecified atom stereocenters. The van der Waals surface area contributed by atoms with E-state index in [0.717, 1.165) is 24.4 Å². The van der Waals surface area contributed by atoms with Crippen LogP contribution in [0.15, 0.2) is 0 Å². The zero-order valence-corrected chi connectivity index (χ0v) is 12.4. The molecule has 3 N–H and O–H groups in total. The summed E-state index contributed by atoms with van der Waals surface area (Å²) in [5.74, 6) is 1.88. The average molecular weight is 252 g/mol. The third-order valence-electron chi connectivity index (χ3n) is 5.36. The van der Waals surface area contributed by atoms with Crippen molar-refractivity contribution in [1.29, 1.82) is 0 Å². The summed E-state index contributed by atoms with van der Waals surface area (Å²) >= 11 is 0. The Labute approximate surface area is 113 Å². The summed E-state index contributed by atoms with van der Waals surface area (Å²) in [4.78, 5) is 0. The zero-order chi connectivity index (χ0) is 13.0. The maximum atomic E-state index is 6.11. The van der Waals surface area contributed by atoms with Crippen LogP contribution in [0.2, 0.25) is 0 Å². The molecule has 0 saturated heterocycles. The smallest absolute Gasteiger partial charge is 0.0306 e. The molecule has 0 spiro atoms. The van der Waals surface area contributed by atoms with E-state index >= 15 is 0 Å². The van der Waals surface area contributed by atoms with Crippen molar-refractivity contribution in [3.05, 3.63) is 0 Å². The summed E-state index contributed by atoms with van der Waals surface area (Å²) in [6.45, 7) is 5.52. The third-order valence-corrected chi connectivity index (χ3v) is 5.36. The highest BCUT2D eigenvalue weighted by Gasteiger charge is 2.36. The summed E-state index contributed by atoms with van der Waals surface area (Å²) in [5.41, 5.74) is 6.38. The van der Waals surface area contributed by atoms with Gasteiger partial charge in [-0.1, -0.05) is 26.7 Å². The molecule has 0 aromatic rings. The molecule has 2 nitrogen and oxygen atoms in total. The second-order valence-corrected chi connectivity index (χ2v) is 6.98. The molecule has 0 bridgehead atoms. The third kappa shape index (κ3) is 3.48. The van der Waals surface area contributed by atoms with E-state index in [1.54, 1.807) is 0 Å². The molecule has 2 fully saturated rings. The molecule has 2 aliphatic carbocycles. The lowest BCUT2D eigenvalue weighted by Crippen LogP contribution is -2.56. The van der Waals surface area contributed by atoms with E-state index in [1.165, 1.54) is 57.8 Å². The van der Waals surface area contributed by atoms with Crippen molar-refractivity contribution in [1.82, 2.24) is 5.32 Å². The number of hydrogen-bond donors (Lipinski definition) is 2. The lowest BCUT2D eigenvalue weighted by Gasteiger charge is -2.42. The fourth-order valence-electron chi connectivity index (χ4n) is 4.11. The Balaban J connectivity index is 1.84. The predicted molar refractivity (Wildman–Crippen MR) is 78.6 cm³/mol. The first kappa shape index (κ1) is 14.3. The van der Waals surface area contributed by atoms with Crippen molar-refractivity contribution in [3.8, 4) is 0 Å². The maximum absolute atomic E-state index is 6.11. The van der Waals surface area contributed by atoms with Crippen LogP contribution in [0, 0.1) is 11.8 Å². The second-order valence-electron chi connectivity index (χ2n) is 6.98. The fraction of sp³-hybridized carbons (Fsp3) is 1.00. The Kier molecular flexibility index (Phi) is 5.08. The van der Waals surface area contributed by atoms with Gasteiger partial charge in [0.15, 0.2) is 0 Å². The second kappa shape index (κ2) is 6.38.